The van der Waals surface area contributed by atoms with E-state index in [0.717, 1.165) is 0 Å². The van der Waals surface area contributed by atoms with Crippen LogP contribution in [-0.4, -0.2) is 12.5 Å². The van der Waals surface area contributed by atoms with E-state index in [9.17, 15) is 0 Å². The Morgan fingerprint density at radius 2 is 1.29 bits per heavy atom. The summed E-state index contributed by atoms with van der Waals surface area (Å²) in [7, 11) is 11.4. The van der Waals surface area contributed by atoms with E-state index in [2.05, 4.69) is 20.8 Å². The number of halogens is 2. The van der Waals surface area contributed by atoms with Crippen LogP contribution in [-0.2, 0) is 0 Å². The number of rotatable bonds is 0. The van der Waals surface area contributed by atoms with Gasteiger partial charge in [0.05, 0.1) is 0 Å². The van der Waals surface area contributed by atoms with Crippen LogP contribution in [0.4, 0.5) is 0 Å². The van der Waals surface area contributed by atoms with Crippen LogP contribution < -0.4 is 0 Å². The molecule has 0 aromatic carbocycles. The predicted molar refractivity (Wildman–Crippen MR) is 37.2 cm³/mol. The third kappa shape index (κ3) is 3.68. The average molecular weight is 201 g/mol. The summed E-state index contributed by atoms with van der Waals surface area (Å²) in [6, 6.07) is 0. The van der Waals surface area contributed by atoms with Gasteiger partial charge in [-0.3, -0.25) is 0 Å². The topological polar surface area (TPSA) is 0 Å². The van der Waals surface area contributed by atoms with E-state index in [0.29, 0.717) is 0 Å². The maximum absolute atomic E-state index is 5.69. The molecule has 0 aromatic rings. The second-order valence-corrected chi connectivity index (χ2v) is 11.7. The molecule has 3 heteroatoms. The van der Waals surface area contributed by atoms with Gasteiger partial charge in [0.25, 0.3) is 0 Å². The minimum atomic E-state index is -1.65. The molecule has 0 unspecified atom stereocenters. The van der Waals surface area contributed by atoms with Gasteiger partial charge in [-0.05, 0) is 0 Å². The molecule has 0 heterocycles. The van der Waals surface area contributed by atoms with E-state index in [4.69, 9.17) is 20.0 Å². The Balaban J connectivity index is 3.54. The zero-order chi connectivity index (χ0) is 6.08. The summed E-state index contributed by atoms with van der Waals surface area (Å²) in [5.41, 5.74) is 0. The fourth-order valence-electron chi connectivity index (χ4n) is 0. The van der Waals surface area contributed by atoms with E-state index in [-0.39, 0.29) is 4.25 Å². The van der Waals surface area contributed by atoms with Crippen LogP contribution in [0.2, 0.25) is 4.25 Å². The van der Waals surface area contributed by atoms with Crippen LogP contribution >= 0.6 is 20.0 Å². The van der Waals surface area contributed by atoms with Crippen molar-refractivity contribution in [3.8, 4) is 0 Å². The van der Waals surface area contributed by atoms with Crippen LogP contribution in [0.3, 0.4) is 0 Å². The molecule has 0 saturated carbocycles. The molecule has 0 rings (SSSR count). The average Bonchev–Trinajstić information content (AvgIpc) is 1.31. The summed E-state index contributed by atoms with van der Waals surface area (Å²) < 4.78 is 0.198. The van der Waals surface area contributed by atoms with Gasteiger partial charge in [0.1, 0.15) is 0 Å². The van der Waals surface area contributed by atoms with Crippen LogP contribution in [0.1, 0.15) is 20.8 Å². The Hall–Kier alpha value is 1.12. The molecule has 0 saturated heterocycles. The van der Waals surface area contributed by atoms with E-state index in [1.807, 2.05) is 0 Å². The molecular weight excluding hydrogens is 192 g/mol. The first-order valence-electron chi connectivity index (χ1n) is 2.13. The van der Waals surface area contributed by atoms with Gasteiger partial charge >= 0.3 is 57.5 Å². The SMILES string of the molecule is C[C](C)(C)[Ge]([Cl])[Cl]. The molecule has 0 atom stereocenters. The van der Waals surface area contributed by atoms with Crippen molar-refractivity contribution in [3.63, 3.8) is 0 Å². The van der Waals surface area contributed by atoms with Crippen LogP contribution in [0.5, 0.6) is 0 Å². The van der Waals surface area contributed by atoms with E-state index >= 15 is 0 Å². The van der Waals surface area contributed by atoms with Gasteiger partial charge in [0.2, 0.25) is 0 Å². The standard InChI is InChI=1S/C4H9Cl2Ge/c1-4(2,3)7(5)6/h1-3H3. The Morgan fingerprint density at radius 1 is 1.14 bits per heavy atom. The van der Waals surface area contributed by atoms with Gasteiger partial charge in [-0.1, -0.05) is 0 Å². The Kier molecular flexibility index (Phi) is 3.02. The number of hydrogen-bond acceptors (Lipinski definition) is 0. The van der Waals surface area contributed by atoms with Crippen LogP contribution in [0.25, 0.3) is 0 Å². The van der Waals surface area contributed by atoms with Crippen molar-refractivity contribution in [2.45, 2.75) is 25.0 Å². The normalized spacial score (nSPS) is 12.9. The fourth-order valence-corrected chi connectivity index (χ4v) is 0. The molecule has 43 valence electrons. The van der Waals surface area contributed by atoms with Gasteiger partial charge in [-0.25, -0.2) is 0 Å². The summed E-state index contributed by atoms with van der Waals surface area (Å²) in [6.07, 6.45) is 0. The van der Waals surface area contributed by atoms with E-state index < -0.39 is 12.5 Å². The monoisotopic (exact) mass is 201 g/mol. The summed E-state index contributed by atoms with van der Waals surface area (Å²) in [5.74, 6) is 0. The molecule has 1 radical (unpaired) electrons. The molecule has 0 fully saturated rings. The number of hydrogen-bond donors (Lipinski definition) is 0. The summed E-state index contributed by atoms with van der Waals surface area (Å²) in [6.45, 7) is 6.22. The van der Waals surface area contributed by atoms with Crippen LogP contribution in [0.15, 0.2) is 0 Å². The van der Waals surface area contributed by atoms with Crippen molar-refractivity contribution in [3.05, 3.63) is 0 Å². The molecule has 0 bridgehead atoms. The Morgan fingerprint density at radius 3 is 1.29 bits per heavy atom. The second-order valence-electron chi connectivity index (χ2n) is 2.51. The van der Waals surface area contributed by atoms with Crippen molar-refractivity contribution >= 4 is 32.5 Å². The van der Waals surface area contributed by atoms with Gasteiger partial charge < -0.3 is 0 Å². The Bertz CT molecular complexity index is 55.2. The van der Waals surface area contributed by atoms with Crippen molar-refractivity contribution in [1.82, 2.24) is 0 Å². The molecule has 0 spiro atoms. The van der Waals surface area contributed by atoms with Crippen LogP contribution in [0, 0.1) is 0 Å². The van der Waals surface area contributed by atoms with Crippen molar-refractivity contribution in [2.24, 2.45) is 0 Å². The zero-order valence-corrected chi connectivity index (χ0v) is 8.37. The Labute approximate surface area is 57.7 Å². The molecule has 0 aromatic heterocycles. The summed E-state index contributed by atoms with van der Waals surface area (Å²) in [4.78, 5) is 0. The zero-order valence-electron chi connectivity index (χ0n) is 4.76. The molecular formula is C4H9Cl2Ge. The molecule has 0 aliphatic heterocycles. The molecule has 0 aliphatic rings. The molecule has 7 heavy (non-hydrogen) atoms. The van der Waals surface area contributed by atoms with Crippen molar-refractivity contribution < 1.29 is 0 Å². The van der Waals surface area contributed by atoms with Gasteiger partial charge in [0.15, 0.2) is 0 Å². The maximum atomic E-state index is 5.69. The summed E-state index contributed by atoms with van der Waals surface area (Å²) in [5, 5.41) is 0. The van der Waals surface area contributed by atoms with Gasteiger partial charge in [0, 0.05) is 0 Å². The molecule has 0 amide bonds. The van der Waals surface area contributed by atoms with E-state index in [1.165, 1.54) is 0 Å². The molecule has 0 N–H and O–H groups in total. The van der Waals surface area contributed by atoms with E-state index in [1.54, 1.807) is 0 Å². The van der Waals surface area contributed by atoms with Gasteiger partial charge in [-0.2, -0.15) is 0 Å². The molecule has 0 nitrogen and oxygen atoms in total. The second kappa shape index (κ2) is 2.61. The first-order valence-corrected chi connectivity index (χ1v) is 8.69. The van der Waals surface area contributed by atoms with Crippen molar-refractivity contribution in [2.75, 3.05) is 0 Å². The third-order valence-electron chi connectivity index (χ3n) is 0.567. The molecule has 0 aliphatic carbocycles. The predicted octanol–water partition coefficient (Wildman–Crippen LogP) is 2.75. The van der Waals surface area contributed by atoms with Gasteiger partial charge in [-0.15, -0.1) is 0 Å². The fraction of sp³-hybridized carbons (Fsp3) is 1.00. The van der Waals surface area contributed by atoms with Crippen molar-refractivity contribution in [1.29, 1.82) is 0 Å². The minimum absolute atomic E-state index is 0.198. The first kappa shape index (κ1) is 8.12. The third-order valence-corrected chi connectivity index (χ3v) is 8.84. The quantitative estimate of drug-likeness (QED) is 0.528. The first-order chi connectivity index (χ1) is 2.94. The summed E-state index contributed by atoms with van der Waals surface area (Å²) >= 11 is -1.65.